The highest BCUT2D eigenvalue weighted by molar-refractivity contribution is 5.89. The fraction of sp³-hybridized carbons (Fsp3) is 0.839. The standard InChI is InChI=1S/C62H94O24/c1-29(64)37-19-22-62(71)60(37,7)43(82-56(69)34-15-13-12-14-16-34)27-42-59(6)20-18-36(23-35(59)17-21-61(42,62)70)80-44-24-38(72-8)51(30(2)76-44)83-45-25-39(73-9)52(31(3)77-45)84-46-26-40(74-10)53(32(4)78-46)85-58-50(68)55(75-11)54(33(5)79-58)86-57-49(67)48(66)47(65)41(28-63)81-57/h12-17,30-33,36-55,57-58,63,65-68,70-71H,18-28H2,1-11H3. The SMILES string of the molecule is COC1CC(OC2CCC3(C)C(=CCC4(O)C3CC(OC(=O)c3ccccc3)C3(C)C(C(C)=O)CCC43O)C2)OC(C)C1OC1CC(OC)C(OC2CC(OC)C(OC3OC(C)C(OC4OC(CO)C(O)C(O)C4O)C(OC)C3O)C(C)O2)C(C)O1. The highest BCUT2D eigenvalue weighted by Gasteiger charge is 2.77. The van der Waals surface area contributed by atoms with Crippen LogP contribution in [0.1, 0.15) is 123 Å². The molecule has 24 nitrogen and oxygen atoms in total. The average Bonchev–Trinajstić information content (AvgIpc) is 1.30. The molecule has 3 saturated carbocycles. The Balaban J connectivity index is 0.724. The second kappa shape index (κ2) is 26.5. The van der Waals surface area contributed by atoms with Crippen LogP contribution in [0.5, 0.6) is 0 Å². The predicted octanol–water partition coefficient (Wildman–Crippen LogP) is 2.52. The summed E-state index contributed by atoms with van der Waals surface area (Å²) >= 11 is 0. The summed E-state index contributed by atoms with van der Waals surface area (Å²) in [4.78, 5) is 27.0. The van der Waals surface area contributed by atoms with Crippen LogP contribution in [-0.4, -0.2) is 241 Å². The van der Waals surface area contributed by atoms with Crippen LogP contribution in [0.2, 0.25) is 0 Å². The summed E-state index contributed by atoms with van der Waals surface area (Å²) in [5, 5.41) is 78.5. The van der Waals surface area contributed by atoms with Gasteiger partial charge in [-0.25, -0.2) is 4.79 Å². The van der Waals surface area contributed by atoms with Crippen molar-refractivity contribution >= 4 is 11.8 Å². The molecule has 24 heteroatoms. The molecule has 0 amide bonds. The number of hydrogen-bond donors (Lipinski definition) is 7. The lowest BCUT2D eigenvalue weighted by molar-refractivity contribution is -0.374. The molecule has 0 bridgehead atoms. The van der Waals surface area contributed by atoms with Gasteiger partial charge in [-0.1, -0.05) is 43.7 Å². The van der Waals surface area contributed by atoms with E-state index in [1.54, 1.807) is 52.3 Å². The maximum Gasteiger partial charge on any atom is 0.338 e. The van der Waals surface area contributed by atoms with E-state index in [1.165, 1.54) is 21.1 Å². The first-order valence-electron chi connectivity index (χ1n) is 30.8. The lowest BCUT2D eigenvalue weighted by Crippen LogP contribution is -2.75. The van der Waals surface area contributed by atoms with Crippen molar-refractivity contribution in [1.29, 1.82) is 0 Å². The smallest absolute Gasteiger partial charge is 0.338 e. The number of Topliss-reactive ketones (excluding diaryl/α,β-unsaturated/α-hetero) is 1. The third kappa shape index (κ3) is 12.0. The number of methoxy groups -OCH3 is 4. The Kier molecular flexibility index (Phi) is 20.4. The first kappa shape index (κ1) is 66.2. The molecule has 7 N–H and O–H groups in total. The minimum Gasteiger partial charge on any atom is -0.458 e. The molecule has 30 unspecified atom stereocenters. The summed E-state index contributed by atoms with van der Waals surface area (Å²) in [6.45, 7) is 12.1. The molecule has 0 radical (unpaired) electrons. The average molecular weight is 1220 g/mol. The quantitative estimate of drug-likeness (QED) is 0.0820. The van der Waals surface area contributed by atoms with E-state index in [1.807, 2.05) is 26.8 Å². The number of rotatable bonds is 18. The molecule has 5 heterocycles. The van der Waals surface area contributed by atoms with E-state index < -0.39 is 188 Å². The zero-order valence-electron chi connectivity index (χ0n) is 51.3. The van der Waals surface area contributed by atoms with Gasteiger partial charge in [0.05, 0.1) is 61.0 Å². The molecule has 0 aromatic heterocycles. The largest absolute Gasteiger partial charge is 0.458 e. The van der Waals surface area contributed by atoms with Crippen LogP contribution >= 0.6 is 0 Å². The molecule has 1 aromatic carbocycles. The minimum absolute atomic E-state index is 0.0986. The molecular formula is C62H94O24. The molecule has 86 heavy (non-hydrogen) atoms. The fourth-order valence-corrected chi connectivity index (χ4v) is 16.5. The normalized spacial score (nSPS) is 49.6. The molecule has 9 aliphatic rings. The van der Waals surface area contributed by atoms with E-state index in [-0.39, 0.29) is 37.6 Å². The topological polar surface area (TPSA) is 314 Å². The van der Waals surface area contributed by atoms with E-state index in [0.717, 1.165) is 5.57 Å². The van der Waals surface area contributed by atoms with Crippen LogP contribution in [0, 0.1) is 22.7 Å². The lowest BCUT2D eigenvalue weighted by Gasteiger charge is -2.66. The van der Waals surface area contributed by atoms with Crippen LogP contribution < -0.4 is 0 Å². The summed E-state index contributed by atoms with van der Waals surface area (Å²) in [6.07, 6.45) is -15.6. The number of aliphatic hydroxyl groups excluding tert-OH is 5. The number of ether oxygens (including phenoxy) is 15. The summed E-state index contributed by atoms with van der Waals surface area (Å²) in [5.41, 5.74) is -3.57. The third-order valence-electron chi connectivity index (χ3n) is 21.4. The van der Waals surface area contributed by atoms with Crippen LogP contribution in [0.25, 0.3) is 0 Å². The maximum absolute atomic E-state index is 13.8. The van der Waals surface area contributed by atoms with E-state index in [4.69, 9.17) is 71.1 Å². The summed E-state index contributed by atoms with van der Waals surface area (Å²) in [7, 11) is 6.14. The molecule has 30 atom stereocenters. The van der Waals surface area contributed by atoms with Gasteiger partial charge >= 0.3 is 5.97 Å². The van der Waals surface area contributed by atoms with Crippen molar-refractivity contribution in [1.82, 2.24) is 0 Å². The first-order valence-corrected chi connectivity index (χ1v) is 30.8. The van der Waals surface area contributed by atoms with E-state index in [2.05, 4.69) is 13.0 Å². The second-order valence-electron chi connectivity index (χ2n) is 26.0. The number of hydrogen-bond acceptors (Lipinski definition) is 24. The number of carbonyl (C=O) groups is 2. The number of benzene rings is 1. The Labute approximate surface area is 503 Å². The Bertz CT molecular complexity index is 2490. The lowest BCUT2D eigenvalue weighted by atomic mass is 9.43. The summed E-state index contributed by atoms with van der Waals surface area (Å²) < 4.78 is 93.8. The molecule has 4 aliphatic carbocycles. The molecule has 8 fully saturated rings. The zero-order valence-corrected chi connectivity index (χ0v) is 51.3. The molecule has 5 saturated heterocycles. The zero-order chi connectivity index (χ0) is 61.9. The van der Waals surface area contributed by atoms with Crippen molar-refractivity contribution in [2.75, 3.05) is 35.0 Å². The molecule has 10 rings (SSSR count). The molecule has 5 aliphatic heterocycles. The van der Waals surface area contributed by atoms with Gasteiger partial charge in [0, 0.05) is 65.0 Å². The van der Waals surface area contributed by atoms with Gasteiger partial charge < -0.3 is 107 Å². The number of ketones is 1. The highest BCUT2D eigenvalue weighted by atomic mass is 16.8. The Morgan fingerprint density at radius 1 is 0.605 bits per heavy atom. The van der Waals surface area contributed by atoms with Crippen molar-refractivity contribution in [2.24, 2.45) is 22.7 Å². The van der Waals surface area contributed by atoms with Crippen LogP contribution in [0.3, 0.4) is 0 Å². The van der Waals surface area contributed by atoms with Gasteiger partial charge in [0.25, 0.3) is 0 Å². The van der Waals surface area contributed by atoms with Gasteiger partial charge in [0.2, 0.25) is 0 Å². The van der Waals surface area contributed by atoms with E-state index >= 15 is 0 Å². The summed E-state index contributed by atoms with van der Waals surface area (Å²) in [6, 6.07) is 8.72. The first-order chi connectivity index (χ1) is 40.9. The third-order valence-corrected chi connectivity index (χ3v) is 21.4. The van der Waals surface area contributed by atoms with Crippen molar-refractivity contribution in [3.8, 4) is 0 Å². The molecule has 0 spiro atoms. The Hall–Kier alpha value is -2.74. The van der Waals surface area contributed by atoms with E-state index in [9.17, 15) is 45.3 Å². The van der Waals surface area contributed by atoms with Crippen LogP contribution in [0.15, 0.2) is 42.0 Å². The van der Waals surface area contributed by atoms with Crippen molar-refractivity contribution in [2.45, 2.75) is 271 Å². The Morgan fingerprint density at radius 3 is 1.69 bits per heavy atom. The van der Waals surface area contributed by atoms with Gasteiger partial charge in [-0.15, -0.1) is 0 Å². The van der Waals surface area contributed by atoms with Gasteiger partial charge in [0.1, 0.15) is 84.1 Å². The van der Waals surface area contributed by atoms with Crippen molar-refractivity contribution < 1.29 is 116 Å². The highest BCUT2D eigenvalue weighted by Crippen LogP contribution is 2.70. The number of aliphatic hydroxyl groups is 7. The summed E-state index contributed by atoms with van der Waals surface area (Å²) in [5.74, 6) is -1.70. The fourth-order valence-electron chi connectivity index (χ4n) is 16.5. The molecule has 486 valence electrons. The van der Waals surface area contributed by atoms with Crippen LogP contribution in [0.4, 0.5) is 0 Å². The monoisotopic (exact) mass is 1220 g/mol. The van der Waals surface area contributed by atoms with Crippen molar-refractivity contribution in [3.63, 3.8) is 0 Å². The van der Waals surface area contributed by atoms with Gasteiger partial charge in [-0.3, -0.25) is 4.79 Å². The second-order valence-corrected chi connectivity index (χ2v) is 26.0. The van der Waals surface area contributed by atoms with E-state index in [0.29, 0.717) is 44.1 Å². The van der Waals surface area contributed by atoms with Gasteiger partial charge in [-0.05, 0) is 97.1 Å². The van der Waals surface area contributed by atoms with Crippen molar-refractivity contribution in [3.05, 3.63) is 47.5 Å². The molecule has 1 aromatic rings. The maximum atomic E-state index is 13.8. The Morgan fingerprint density at radius 2 is 1.14 bits per heavy atom. The number of esters is 1. The van der Waals surface area contributed by atoms with Crippen LogP contribution in [-0.2, 0) is 75.8 Å². The number of carbonyl (C=O) groups excluding carboxylic acids is 2. The molecular weight excluding hydrogens is 1130 g/mol. The van der Waals surface area contributed by atoms with Gasteiger partial charge in [-0.2, -0.15) is 0 Å². The minimum atomic E-state index is -1.70. The number of fused-ring (bicyclic) bond motifs is 5. The van der Waals surface area contributed by atoms with Gasteiger partial charge in [0.15, 0.2) is 31.5 Å². The predicted molar refractivity (Wildman–Crippen MR) is 298 cm³/mol.